The van der Waals surface area contributed by atoms with Crippen LogP contribution in [0.1, 0.15) is 31.1 Å². The zero-order valence-electron chi connectivity index (χ0n) is 12.8. The Morgan fingerprint density at radius 1 is 1.29 bits per heavy atom. The SMILES string of the molecule is COc1ccc([C@H](NCCc2csc(N)n2)C(C)C)cc1. The van der Waals surface area contributed by atoms with E-state index >= 15 is 0 Å². The average Bonchev–Trinajstić information content (AvgIpc) is 2.89. The van der Waals surface area contributed by atoms with E-state index in [4.69, 9.17) is 10.5 Å². The highest BCUT2D eigenvalue weighted by Gasteiger charge is 2.15. The molecule has 2 aromatic rings. The van der Waals surface area contributed by atoms with Gasteiger partial charge in [0.15, 0.2) is 5.13 Å². The molecule has 1 atom stereocenters. The number of methoxy groups -OCH3 is 1. The Kier molecular flexibility index (Phi) is 5.59. The molecule has 4 nitrogen and oxygen atoms in total. The molecule has 2 rings (SSSR count). The van der Waals surface area contributed by atoms with Gasteiger partial charge in [0.1, 0.15) is 5.75 Å². The molecule has 0 amide bonds. The molecule has 21 heavy (non-hydrogen) atoms. The third kappa shape index (κ3) is 4.44. The fourth-order valence-electron chi connectivity index (χ4n) is 2.34. The molecule has 3 N–H and O–H groups in total. The molecule has 0 saturated heterocycles. The lowest BCUT2D eigenvalue weighted by atomic mass is 9.96. The van der Waals surface area contributed by atoms with Gasteiger partial charge in [-0.15, -0.1) is 11.3 Å². The minimum atomic E-state index is 0.326. The Morgan fingerprint density at radius 2 is 2.00 bits per heavy atom. The van der Waals surface area contributed by atoms with Crippen molar-refractivity contribution in [2.24, 2.45) is 5.92 Å². The average molecular weight is 305 g/mol. The van der Waals surface area contributed by atoms with Crippen LogP contribution in [0.4, 0.5) is 5.13 Å². The van der Waals surface area contributed by atoms with E-state index in [0.717, 1.165) is 24.4 Å². The quantitative estimate of drug-likeness (QED) is 0.824. The molecule has 0 unspecified atom stereocenters. The Balaban J connectivity index is 1.95. The molecule has 114 valence electrons. The van der Waals surface area contributed by atoms with Crippen LogP contribution in [0.15, 0.2) is 29.6 Å². The molecule has 1 aromatic carbocycles. The van der Waals surface area contributed by atoms with Crippen LogP contribution >= 0.6 is 11.3 Å². The van der Waals surface area contributed by atoms with Crippen molar-refractivity contribution in [3.8, 4) is 5.75 Å². The maximum atomic E-state index is 5.65. The van der Waals surface area contributed by atoms with Gasteiger partial charge in [0.2, 0.25) is 0 Å². The third-order valence-corrected chi connectivity index (χ3v) is 4.18. The van der Waals surface area contributed by atoms with Crippen LogP contribution in [0, 0.1) is 5.92 Å². The van der Waals surface area contributed by atoms with E-state index in [1.165, 1.54) is 16.9 Å². The topological polar surface area (TPSA) is 60.2 Å². The zero-order valence-corrected chi connectivity index (χ0v) is 13.6. The first-order valence-electron chi connectivity index (χ1n) is 7.17. The van der Waals surface area contributed by atoms with Gasteiger partial charge < -0.3 is 15.8 Å². The fraction of sp³-hybridized carbons (Fsp3) is 0.438. The predicted molar refractivity (Wildman–Crippen MR) is 88.8 cm³/mol. The monoisotopic (exact) mass is 305 g/mol. The lowest BCUT2D eigenvalue weighted by Gasteiger charge is -2.23. The van der Waals surface area contributed by atoms with Gasteiger partial charge in [-0.1, -0.05) is 26.0 Å². The van der Waals surface area contributed by atoms with Crippen LogP contribution in [0.3, 0.4) is 0 Å². The second-order valence-corrected chi connectivity index (χ2v) is 6.27. The van der Waals surface area contributed by atoms with Crippen molar-refractivity contribution in [1.82, 2.24) is 10.3 Å². The number of hydrogen-bond donors (Lipinski definition) is 2. The number of thiazole rings is 1. The smallest absolute Gasteiger partial charge is 0.180 e. The van der Waals surface area contributed by atoms with Crippen LogP contribution in [0.2, 0.25) is 0 Å². The van der Waals surface area contributed by atoms with Crippen molar-refractivity contribution in [3.05, 3.63) is 40.9 Å². The highest BCUT2D eigenvalue weighted by molar-refractivity contribution is 7.13. The molecule has 0 aliphatic rings. The first-order valence-corrected chi connectivity index (χ1v) is 8.05. The van der Waals surface area contributed by atoms with Crippen LogP contribution in [0.25, 0.3) is 0 Å². The third-order valence-electron chi connectivity index (χ3n) is 3.46. The number of nitrogens with one attached hydrogen (secondary N) is 1. The van der Waals surface area contributed by atoms with Crippen LogP contribution in [-0.4, -0.2) is 18.6 Å². The summed E-state index contributed by atoms with van der Waals surface area (Å²) in [6.45, 7) is 5.34. The van der Waals surface area contributed by atoms with Crippen LogP contribution in [0.5, 0.6) is 5.75 Å². The number of hydrogen-bond acceptors (Lipinski definition) is 5. The van der Waals surface area contributed by atoms with Gasteiger partial charge in [0.25, 0.3) is 0 Å². The molecule has 0 aliphatic heterocycles. The predicted octanol–water partition coefficient (Wildman–Crippen LogP) is 3.26. The number of anilines is 1. The van der Waals surface area contributed by atoms with Crippen molar-refractivity contribution in [2.45, 2.75) is 26.3 Å². The summed E-state index contributed by atoms with van der Waals surface area (Å²) in [5.41, 5.74) is 7.99. The summed E-state index contributed by atoms with van der Waals surface area (Å²) in [7, 11) is 1.69. The van der Waals surface area contributed by atoms with Crippen molar-refractivity contribution in [1.29, 1.82) is 0 Å². The minimum absolute atomic E-state index is 0.326. The Morgan fingerprint density at radius 3 is 2.52 bits per heavy atom. The highest BCUT2D eigenvalue weighted by atomic mass is 32.1. The summed E-state index contributed by atoms with van der Waals surface area (Å²) in [6.07, 6.45) is 0.896. The number of nitrogens with zero attached hydrogens (tertiary/aromatic N) is 1. The maximum absolute atomic E-state index is 5.65. The van der Waals surface area contributed by atoms with E-state index in [1.807, 2.05) is 17.5 Å². The lowest BCUT2D eigenvalue weighted by Crippen LogP contribution is -2.27. The van der Waals surface area contributed by atoms with E-state index in [9.17, 15) is 0 Å². The number of aromatic nitrogens is 1. The van der Waals surface area contributed by atoms with Crippen LogP contribution in [-0.2, 0) is 6.42 Å². The molecular formula is C16H23N3OS. The normalized spacial score (nSPS) is 12.6. The number of nitrogens with two attached hydrogens (primary N) is 1. The zero-order chi connectivity index (χ0) is 15.2. The Hall–Kier alpha value is -1.59. The van der Waals surface area contributed by atoms with Gasteiger partial charge in [0, 0.05) is 24.4 Å². The second-order valence-electron chi connectivity index (χ2n) is 5.38. The van der Waals surface area contributed by atoms with E-state index in [-0.39, 0.29) is 0 Å². The van der Waals surface area contributed by atoms with Crippen molar-refractivity contribution in [2.75, 3.05) is 19.4 Å². The molecule has 0 bridgehead atoms. The molecule has 1 aromatic heterocycles. The van der Waals surface area contributed by atoms with E-state index in [0.29, 0.717) is 17.1 Å². The molecule has 0 aliphatic carbocycles. The molecule has 0 radical (unpaired) electrons. The molecule has 0 spiro atoms. The highest BCUT2D eigenvalue weighted by Crippen LogP contribution is 2.24. The van der Waals surface area contributed by atoms with Crippen molar-refractivity contribution in [3.63, 3.8) is 0 Å². The summed E-state index contributed by atoms with van der Waals surface area (Å²) < 4.78 is 5.21. The summed E-state index contributed by atoms with van der Waals surface area (Å²) in [6, 6.07) is 8.59. The van der Waals surface area contributed by atoms with E-state index in [2.05, 4.69) is 36.3 Å². The standard InChI is InChI=1S/C16H23N3OS/c1-11(2)15(12-4-6-14(20-3)7-5-12)18-9-8-13-10-21-16(17)19-13/h4-7,10-11,15,18H,8-9H2,1-3H3,(H2,17,19)/t15-/m1/s1. The molecule has 0 fully saturated rings. The number of nitrogen functional groups attached to an aromatic ring is 1. The number of benzene rings is 1. The lowest BCUT2D eigenvalue weighted by molar-refractivity contribution is 0.406. The van der Waals surface area contributed by atoms with Gasteiger partial charge in [0.05, 0.1) is 12.8 Å². The van der Waals surface area contributed by atoms with Crippen molar-refractivity contribution >= 4 is 16.5 Å². The number of rotatable bonds is 7. The molecule has 0 saturated carbocycles. The first-order chi connectivity index (χ1) is 10.1. The Bertz CT molecular complexity index is 551. The van der Waals surface area contributed by atoms with Gasteiger partial charge in [-0.05, 0) is 23.6 Å². The summed E-state index contributed by atoms with van der Waals surface area (Å²) in [4.78, 5) is 4.29. The summed E-state index contributed by atoms with van der Waals surface area (Å²) in [5.74, 6) is 1.40. The Labute approximate surface area is 130 Å². The summed E-state index contributed by atoms with van der Waals surface area (Å²) >= 11 is 1.50. The van der Waals surface area contributed by atoms with Gasteiger partial charge in [-0.2, -0.15) is 0 Å². The van der Waals surface area contributed by atoms with Gasteiger partial charge >= 0.3 is 0 Å². The maximum Gasteiger partial charge on any atom is 0.180 e. The van der Waals surface area contributed by atoms with Crippen molar-refractivity contribution < 1.29 is 4.74 Å². The van der Waals surface area contributed by atoms with E-state index in [1.54, 1.807) is 7.11 Å². The van der Waals surface area contributed by atoms with Crippen LogP contribution < -0.4 is 15.8 Å². The fourth-order valence-corrected chi connectivity index (χ4v) is 2.94. The van der Waals surface area contributed by atoms with Gasteiger partial charge in [-0.3, -0.25) is 0 Å². The minimum Gasteiger partial charge on any atom is -0.497 e. The molecule has 1 heterocycles. The van der Waals surface area contributed by atoms with Gasteiger partial charge in [-0.25, -0.2) is 4.98 Å². The second kappa shape index (κ2) is 7.43. The molecule has 5 heteroatoms. The largest absolute Gasteiger partial charge is 0.497 e. The van der Waals surface area contributed by atoms with E-state index < -0.39 is 0 Å². The first kappa shape index (κ1) is 15.8. The summed E-state index contributed by atoms with van der Waals surface area (Å²) in [5, 5.41) is 6.28. The number of ether oxygens (including phenoxy) is 1. The molecular weight excluding hydrogens is 282 g/mol.